The van der Waals surface area contributed by atoms with Crippen LogP contribution in [-0.4, -0.2) is 58.5 Å². The van der Waals surface area contributed by atoms with Crippen LogP contribution < -0.4 is 0 Å². The number of aliphatic hydroxyl groups excluding tert-OH is 2. The molecule has 2 heterocycles. The van der Waals surface area contributed by atoms with Crippen LogP contribution in [0.1, 0.15) is 105 Å². The van der Waals surface area contributed by atoms with Crippen molar-refractivity contribution in [3.05, 3.63) is 0 Å². The molecule has 0 aromatic heterocycles. The van der Waals surface area contributed by atoms with Gasteiger partial charge in [0, 0.05) is 24.9 Å². The number of carbonyl (C=O) groups excluding carboxylic acids is 1. The fourth-order valence-corrected chi connectivity index (χ4v) is 12.8. The Bertz CT molecular complexity index is 982. The van der Waals surface area contributed by atoms with Crippen molar-refractivity contribution in [2.75, 3.05) is 13.1 Å². The standard InChI is InChI=1S/C32H51NO4/c1-19-16-20(17-33-15-7-6-8-24(33)35)37-26-25(19)29(4)13-14-32-18-31(32)12-11-23(34)28(2,3)21(31)9-10-22(32)30(29,5)27(26)36/h19-23,25-27,34,36H,6-18H2,1-5H3/t19-,20?,21+,22?,23?,25+,26?,27+,29?,30-,31?,32?/m1/s1. The maximum atomic E-state index is 12.5. The predicted octanol–water partition coefficient (Wildman–Crippen LogP) is 5.17. The molecule has 7 aliphatic rings. The summed E-state index contributed by atoms with van der Waals surface area (Å²) in [6.45, 7) is 13.6. The SMILES string of the molecule is C[C@@H]1CC(CN2CCCCC2=O)OC2[C@H]1C1(C)CCC34CC35CCC(O)C(C)(C)[C@@H]5CCC4[C@]1(C)[C@H]2O. The molecular weight excluding hydrogens is 462 g/mol. The van der Waals surface area contributed by atoms with Crippen LogP contribution >= 0.6 is 0 Å². The number of rotatable bonds is 2. The van der Waals surface area contributed by atoms with Gasteiger partial charge in [0.15, 0.2) is 0 Å². The molecule has 7 rings (SSSR count). The number of hydrogen-bond acceptors (Lipinski definition) is 4. The Labute approximate surface area is 224 Å². The van der Waals surface area contributed by atoms with Crippen molar-refractivity contribution in [1.82, 2.24) is 4.90 Å². The van der Waals surface area contributed by atoms with E-state index in [9.17, 15) is 15.0 Å². The van der Waals surface area contributed by atoms with Gasteiger partial charge in [-0.15, -0.1) is 0 Å². The van der Waals surface area contributed by atoms with Gasteiger partial charge in [0.05, 0.1) is 24.4 Å². The lowest BCUT2D eigenvalue weighted by Crippen LogP contribution is -2.59. The highest BCUT2D eigenvalue weighted by Gasteiger charge is 2.84. The first-order chi connectivity index (χ1) is 17.4. The summed E-state index contributed by atoms with van der Waals surface area (Å²) in [7, 11) is 0. The molecule has 37 heavy (non-hydrogen) atoms. The summed E-state index contributed by atoms with van der Waals surface area (Å²) < 4.78 is 6.87. The summed E-state index contributed by atoms with van der Waals surface area (Å²) in [5.41, 5.74) is 0.657. The van der Waals surface area contributed by atoms with E-state index >= 15 is 0 Å². The van der Waals surface area contributed by atoms with Gasteiger partial charge < -0.3 is 19.8 Å². The monoisotopic (exact) mass is 513 g/mol. The van der Waals surface area contributed by atoms with Crippen LogP contribution in [-0.2, 0) is 9.53 Å². The molecule has 2 saturated heterocycles. The van der Waals surface area contributed by atoms with Gasteiger partial charge >= 0.3 is 0 Å². The van der Waals surface area contributed by atoms with Gasteiger partial charge in [-0.25, -0.2) is 0 Å². The van der Waals surface area contributed by atoms with Crippen LogP contribution in [0.4, 0.5) is 0 Å². The number of piperidine rings is 1. The minimum Gasteiger partial charge on any atom is -0.393 e. The van der Waals surface area contributed by atoms with Crippen LogP contribution in [0.2, 0.25) is 0 Å². The lowest BCUT2D eigenvalue weighted by Gasteiger charge is -2.63. The number of ether oxygens (including phenoxy) is 1. The molecule has 0 radical (unpaired) electrons. The zero-order chi connectivity index (χ0) is 26.2. The molecule has 208 valence electrons. The zero-order valence-electron chi connectivity index (χ0n) is 24.0. The highest BCUT2D eigenvalue weighted by atomic mass is 16.5. The Hall–Kier alpha value is -0.650. The first kappa shape index (κ1) is 25.3. The first-order valence-corrected chi connectivity index (χ1v) is 15.7. The van der Waals surface area contributed by atoms with Crippen molar-refractivity contribution in [1.29, 1.82) is 0 Å². The Balaban J connectivity index is 1.19. The maximum absolute atomic E-state index is 12.5. The molecule has 2 aliphatic heterocycles. The van der Waals surface area contributed by atoms with Gasteiger partial charge in [0.25, 0.3) is 0 Å². The van der Waals surface area contributed by atoms with Crippen molar-refractivity contribution < 1.29 is 19.7 Å². The molecule has 5 nitrogen and oxygen atoms in total. The number of carbonyl (C=O) groups is 1. The summed E-state index contributed by atoms with van der Waals surface area (Å²) in [4.78, 5) is 14.6. The molecule has 7 unspecified atom stereocenters. The average Bonchev–Trinajstić information content (AvgIpc) is 3.48. The number of likely N-dealkylation sites (tertiary alicyclic amines) is 1. The summed E-state index contributed by atoms with van der Waals surface area (Å²) in [5.74, 6) is 2.31. The molecule has 2 spiro atoms. The molecule has 5 saturated carbocycles. The van der Waals surface area contributed by atoms with Gasteiger partial charge in [0.2, 0.25) is 5.91 Å². The minimum absolute atomic E-state index is 0.00656. The number of amides is 1. The van der Waals surface area contributed by atoms with E-state index in [0.717, 1.165) is 32.2 Å². The minimum atomic E-state index is -0.441. The van der Waals surface area contributed by atoms with E-state index < -0.39 is 6.10 Å². The molecule has 5 aliphatic carbocycles. The second kappa shape index (κ2) is 7.75. The van der Waals surface area contributed by atoms with E-state index in [1.54, 1.807) is 0 Å². The second-order valence-corrected chi connectivity index (χ2v) is 16.0. The normalized spacial score (nSPS) is 58.0. The van der Waals surface area contributed by atoms with E-state index in [-0.39, 0.29) is 40.5 Å². The summed E-state index contributed by atoms with van der Waals surface area (Å²) in [6.07, 6.45) is 11.4. The summed E-state index contributed by atoms with van der Waals surface area (Å²) in [5, 5.41) is 23.2. The average molecular weight is 514 g/mol. The fourth-order valence-electron chi connectivity index (χ4n) is 12.8. The summed E-state index contributed by atoms with van der Waals surface area (Å²) in [6, 6.07) is 0. The molecule has 7 fully saturated rings. The lowest BCUT2D eigenvalue weighted by molar-refractivity contribution is -0.182. The maximum Gasteiger partial charge on any atom is 0.222 e. The van der Waals surface area contributed by atoms with Crippen LogP contribution in [0.5, 0.6) is 0 Å². The third kappa shape index (κ3) is 2.90. The molecule has 5 heteroatoms. The van der Waals surface area contributed by atoms with Gasteiger partial charge in [-0.05, 0) is 110 Å². The third-order valence-corrected chi connectivity index (χ3v) is 14.7. The Morgan fingerprint density at radius 3 is 2.46 bits per heavy atom. The highest BCUT2D eigenvalue weighted by molar-refractivity contribution is 5.76. The molecule has 0 aromatic rings. The molecule has 1 amide bonds. The number of nitrogens with zero attached hydrogens (tertiary/aromatic N) is 1. The van der Waals surface area contributed by atoms with Crippen molar-refractivity contribution in [2.24, 2.45) is 50.7 Å². The number of fused-ring (bicyclic) bond motifs is 4. The molecule has 0 bridgehead atoms. The van der Waals surface area contributed by atoms with Crippen LogP contribution in [0.25, 0.3) is 0 Å². The Morgan fingerprint density at radius 1 is 0.973 bits per heavy atom. The highest BCUT2D eigenvalue weighted by Crippen LogP contribution is 2.89. The Morgan fingerprint density at radius 2 is 1.70 bits per heavy atom. The van der Waals surface area contributed by atoms with Gasteiger partial charge in [0.1, 0.15) is 0 Å². The largest absolute Gasteiger partial charge is 0.393 e. The Kier molecular flexibility index (Phi) is 5.31. The quantitative estimate of drug-likeness (QED) is 0.534. The van der Waals surface area contributed by atoms with Crippen molar-refractivity contribution >= 4 is 5.91 Å². The van der Waals surface area contributed by atoms with Crippen molar-refractivity contribution in [3.8, 4) is 0 Å². The predicted molar refractivity (Wildman–Crippen MR) is 143 cm³/mol. The van der Waals surface area contributed by atoms with Crippen LogP contribution in [0, 0.1) is 50.7 Å². The number of aliphatic hydroxyl groups is 2. The summed E-state index contributed by atoms with van der Waals surface area (Å²) >= 11 is 0. The van der Waals surface area contributed by atoms with Crippen LogP contribution in [0.15, 0.2) is 0 Å². The molecular formula is C32H51NO4. The molecule has 12 atom stereocenters. The van der Waals surface area contributed by atoms with E-state index in [1.165, 1.54) is 38.5 Å². The molecule has 0 aromatic carbocycles. The van der Waals surface area contributed by atoms with Gasteiger partial charge in [-0.1, -0.05) is 34.6 Å². The topological polar surface area (TPSA) is 70.0 Å². The van der Waals surface area contributed by atoms with Crippen LogP contribution in [0.3, 0.4) is 0 Å². The smallest absolute Gasteiger partial charge is 0.222 e. The number of hydrogen-bond donors (Lipinski definition) is 2. The van der Waals surface area contributed by atoms with E-state index in [2.05, 4.69) is 34.6 Å². The van der Waals surface area contributed by atoms with Crippen molar-refractivity contribution in [2.45, 2.75) is 130 Å². The molecule has 2 N–H and O–H groups in total. The van der Waals surface area contributed by atoms with Gasteiger partial charge in [-0.3, -0.25) is 4.79 Å². The van der Waals surface area contributed by atoms with E-state index in [4.69, 9.17) is 4.74 Å². The lowest BCUT2D eigenvalue weighted by atomic mass is 9.41. The van der Waals surface area contributed by atoms with Gasteiger partial charge in [-0.2, -0.15) is 0 Å². The van der Waals surface area contributed by atoms with E-state index in [0.29, 0.717) is 47.5 Å². The fraction of sp³-hybridized carbons (Fsp3) is 0.969. The van der Waals surface area contributed by atoms with E-state index in [1.807, 2.05) is 4.90 Å². The van der Waals surface area contributed by atoms with Crippen molar-refractivity contribution in [3.63, 3.8) is 0 Å². The zero-order valence-corrected chi connectivity index (χ0v) is 24.0. The first-order valence-electron chi connectivity index (χ1n) is 15.7. The second-order valence-electron chi connectivity index (χ2n) is 16.0. The third-order valence-electron chi connectivity index (χ3n) is 14.7.